The monoisotopic (exact) mass is 602 g/mol. The van der Waals surface area contributed by atoms with Crippen LogP contribution in [0.3, 0.4) is 0 Å². The zero-order valence-corrected chi connectivity index (χ0v) is 23.7. The lowest BCUT2D eigenvalue weighted by molar-refractivity contribution is -0.146. The lowest BCUT2D eigenvalue weighted by Crippen LogP contribution is -2.38. The molecule has 3 aromatic carbocycles. The molecule has 9 nitrogen and oxygen atoms in total. The first-order valence-electron chi connectivity index (χ1n) is 13.2. The first-order chi connectivity index (χ1) is 20.2. The number of benzene rings is 3. The number of allylic oxidation sites excluding steroid dienone is 1. The molecule has 3 aromatic rings. The van der Waals surface area contributed by atoms with Crippen molar-refractivity contribution in [3.05, 3.63) is 107 Å². The number of ether oxygens (including phenoxy) is 3. The number of sulfonamides is 1. The highest BCUT2D eigenvalue weighted by Gasteiger charge is 2.30. The Bertz CT molecular complexity index is 1470. The molecule has 2 atom stereocenters. The summed E-state index contributed by atoms with van der Waals surface area (Å²) >= 11 is 0. The van der Waals surface area contributed by atoms with Crippen LogP contribution in [0.1, 0.15) is 23.5 Å². The number of halogens is 2. The number of aliphatic hydroxyl groups excluding tert-OH is 1. The maximum atomic E-state index is 13.6. The summed E-state index contributed by atoms with van der Waals surface area (Å²) < 4.78 is 71.1. The molecule has 1 aliphatic rings. The van der Waals surface area contributed by atoms with Gasteiger partial charge in [0, 0.05) is 32.0 Å². The summed E-state index contributed by atoms with van der Waals surface area (Å²) in [5, 5.41) is 12.2. The molecule has 0 fully saturated rings. The Kier molecular flexibility index (Phi) is 10.6. The normalized spacial score (nSPS) is 16.9. The van der Waals surface area contributed by atoms with Crippen molar-refractivity contribution < 1.29 is 41.3 Å². The summed E-state index contributed by atoms with van der Waals surface area (Å²) in [5.74, 6) is -1.18. The molecule has 224 valence electrons. The van der Waals surface area contributed by atoms with Gasteiger partial charge in [0.1, 0.15) is 17.4 Å². The van der Waals surface area contributed by atoms with Gasteiger partial charge < -0.3 is 24.6 Å². The number of aliphatic hydroxyl groups is 1. The smallest absolute Gasteiger partial charge is 0.286 e. The van der Waals surface area contributed by atoms with Crippen molar-refractivity contribution in [2.75, 3.05) is 33.4 Å². The SMILES string of the molecule is COc1ccc(S(=O)(=O)N(CCO)CCO[C@@H]2C[C@H](c3ccc(F)cc3)C=C(C(=O)NCc3ccc(F)cc3)O2)cc1. The van der Waals surface area contributed by atoms with Crippen LogP contribution in [0.5, 0.6) is 5.75 Å². The standard InChI is InChI=1S/C30H32F2N2O7S/c1-39-26-10-12-27(13-11-26)42(37,38)34(14-16-35)15-17-40-29-19-23(22-4-8-25(32)9-5-22)18-28(41-29)30(36)33-20-21-2-6-24(31)7-3-21/h2-13,18,23,29,35H,14-17,19-20H2,1H3,(H,33,36)/t23-,29+/m1/s1. The van der Waals surface area contributed by atoms with Gasteiger partial charge in [-0.15, -0.1) is 0 Å². The number of nitrogens with zero attached hydrogens (tertiary/aromatic N) is 1. The third kappa shape index (κ3) is 8.13. The topological polar surface area (TPSA) is 114 Å². The molecule has 0 bridgehead atoms. The van der Waals surface area contributed by atoms with Gasteiger partial charge in [0.05, 0.1) is 25.2 Å². The van der Waals surface area contributed by atoms with Crippen molar-refractivity contribution in [2.24, 2.45) is 0 Å². The Morgan fingerprint density at radius 1 is 1.00 bits per heavy atom. The van der Waals surface area contributed by atoms with E-state index in [2.05, 4.69) is 5.32 Å². The highest BCUT2D eigenvalue weighted by atomic mass is 32.2. The van der Waals surface area contributed by atoms with Gasteiger partial charge in [-0.2, -0.15) is 4.31 Å². The average molecular weight is 603 g/mol. The minimum Gasteiger partial charge on any atom is -0.497 e. The number of rotatable bonds is 13. The zero-order chi connectivity index (χ0) is 30.1. The van der Waals surface area contributed by atoms with Crippen LogP contribution in [-0.2, 0) is 30.8 Å². The highest BCUT2D eigenvalue weighted by molar-refractivity contribution is 7.89. The molecule has 0 saturated carbocycles. The number of carbonyl (C=O) groups is 1. The van der Waals surface area contributed by atoms with E-state index in [0.717, 1.165) is 9.87 Å². The van der Waals surface area contributed by atoms with Gasteiger partial charge in [0.15, 0.2) is 5.76 Å². The molecule has 1 aliphatic heterocycles. The summed E-state index contributed by atoms with van der Waals surface area (Å²) in [4.78, 5) is 13.0. The lowest BCUT2D eigenvalue weighted by Gasteiger charge is -2.30. The maximum absolute atomic E-state index is 13.6. The van der Waals surface area contributed by atoms with Gasteiger partial charge in [-0.25, -0.2) is 17.2 Å². The fourth-order valence-electron chi connectivity index (χ4n) is 4.38. The van der Waals surface area contributed by atoms with Gasteiger partial charge in [-0.3, -0.25) is 4.79 Å². The number of hydrogen-bond acceptors (Lipinski definition) is 7. The average Bonchev–Trinajstić information content (AvgIpc) is 3.00. The van der Waals surface area contributed by atoms with Crippen molar-refractivity contribution in [3.63, 3.8) is 0 Å². The first kappa shape index (κ1) is 31.1. The fourth-order valence-corrected chi connectivity index (χ4v) is 5.79. The third-order valence-corrected chi connectivity index (χ3v) is 8.55. The molecule has 2 N–H and O–H groups in total. The molecule has 4 rings (SSSR count). The van der Waals surface area contributed by atoms with Gasteiger partial charge in [0.25, 0.3) is 5.91 Å². The number of amides is 1. The molecule has 42 heavy (non-hydrogen) atoms. The Hall–Kier alpha value is -3.84. The summed E-state index contributed by atoms with van der Waals surface area (Å²) in [6.07, 6.45) is 0.988. The van der Waals surface area contributed by atoms with Crippen LogP contribution >= 0.6 is 0 Å². The number of hydrogen-bond donors (Lipinski definition) is 2. The minimum atomic E-state index is -3.95. The third-order valence-electron chi connectivity index (χ3n) is 6.64. The summed E-state index contributed by atoms with van der Waals surface area (Å²) in [5.41, 5.74) is 1.42. The molecule has 0 unspecified atom stereocenters. The van der Waals surface area contributed by atoms with E-state index in [9.17, 15) is 27.1 Å². The fraction of sp³-hybridized carbons (Fsp3) is 0.300. The minimum absolute atomic E-state index is 0.0132. The molecule has 1 heterocycles. The Morgan fingerprint density at radius 2 is 1.64 bits per heavy atom. The molecule has 0 radical (unpaired) electrons. The van der Waals surface area contributed by atoms with Crippen molar-refractivity contribution in [1.29, 1.82) is 0 Å². The second kappa shape index (κ2) is 14.4. The molecule has 0 aromatic heterocycles. The number of carbonyl (C=O) groups excluding carboxylic acids is 1. The van der Waals surface area contributed by atoms with Gasteiger partial charge >= 0.3 is 0 Å². The van der Waals surface area contributed by atoms with E-state index in [0.29, 0.717) is 11.3 Å². The van der Waals surface area contributed by atoms with E-state index in [-0.39, 0.29) is 55.1 Å². The van der Waals surface area contributed by atoms with Gasteiger partial charge in [-0.1, -0.05) is 24.3 Å². The predicted molar refractivity (Wildman–Crippen MR) is 150 cm³/mol. The van der Waals surface area contributed by atoms with Crippen LogP contribution in [0.2, 0.25) is 0 Å². The second-order valence-electron chi connectivity index (χ2n) is 9.46. The van der Waals surface area contributed by atoms with Crippen LogP contribution in [0.15, 0.2) is 89.5 Å². The van der Waals surface area contributed by atoms with Crippen molar-refractivity contribution in [3.8, 4) is 5.75 Å². The van der Waals surface area contributed by atoms with E-state index < -0.39 is 34.6 Å². The maximum Gasteiger partial charge on any atom is 0.286 e. The summed E-state index contributed by atoms with van der Waals surface area (Å²) in [6.45, 7) is -0.611. The molecular weight excluding hydrogens is 570 g/mol. The van der Waals surface area contributed by atoms with Crippen LogP contribution in [0.25, 0.3) is 0 Å². The zero-order valence-electron chi connectivity index (χ0n) is 22.9. The Morgan fingerprint density at radius 3 is 2.26 bits per heavy atom. The van der Waals surface area contributed by atoms with Gasteiger partial charge in [-0.05, 0) is 65.7 Å². The second-order valence-corrected chi connectivity index (χ2v) is 11.4. The van der Waals surface area contributed by atoms with E-state index in [1.54, 1.807) is 30.3 Å². The molecule has 0 saturated heterocycles. The number of nitrogens with one attached hydrogen (secondary N) is 1. The molecule has 0 aliphatic carbocycles. The van der Waals surface area contributed by atoms with E-state index in [4.69, 9.17) is 14.2 Å². The van der Waals surface area contributed by atoms with Crippen LogP contribution in [0.4, 0.5) is 8.78 Å². The van der Waals surface area contributed by atoms with E-state index in [1.165, 1.54) is 55.6 Å². The summed E-state index contributed by atoms with van der Waals surface area (Å²) in [7, 11) is -2.47. The van der Waals surface area contributed by atoms with Gasteiger partial charge in [0.2, 0.25) is 16.3 Å². The summed E-state index contributed by atoms with van der Waals surface area (Å²) in [6, 6.07) is 17.4. The largest absolute Gasteiger partial charge is 0.497 e. The predicted octanol–water partition coefficient (Wildman–Crippen LogP) is 3.70. The van der Waals surface area contributed by atoms with E-state index >= 15 is 0 Å². The number of methoxy groups -OCH3 is 1. The quantitative estimate of drug-likeness (QED) is 0.307. The lowest BCUT2D eigenvalue weighted by atomic mass is 9.93. The van der Waals surface area contributed by atoms with Crippen LogP contribution in [-0.4, -0.2) is 63.4 Å². The molecule has 1 amide bonds. The first-order valence-corrected chi connectivity index (χ1v) is 14.7. The molecule has 0 spiro atoms. The van der Waals surface area contributed by atoms with Crippen molar-refractivity contribution in [2.45, 2.75) is 30.1 Å². The molecule has 12 heteroatoms. The van der Waals surface area contributed by atoms with Crippen molar-refractivity contribution >= 4 is 15.9 Å². The highest BCUT2D eigenvalue weighted by Crippen LogP contribution is 2.32. The Balaban J connectivity index is 1.44. The Labute approximate surface area is 243 Å². The van der Waals surface area contributed by atoms with Crippen molar-refractivity contribution in [1.82, 2.24) is 9.62 Å². The molecular formula is C30H32F2N2O7S. The van der Waals surface area contributed by atoms with Crippen LogP contribution in [0, 0.1) is 11.6 Å². The van der Waals surface area contributed by atoms with Crippen LogP contribution < -0.4 is 10.1 Å². The van der Waals surface area contributed by atoms with E-state index in [1.807, 2.05) is 0 Å².